The van der Waals surface area contributed by atoms with Crippen LogP contribution in [-0.2, 0) is 23.9 Å². The molecule has 0 bridgehead atoms. The predicted molar refractivity (Wildman–Crippen MR) is 84.1 cm³/mol. The lowest BCUT2D eigenvalue weighted by Gasteiger charge is -2.09. The number of nitrogens with one attached hydrogen (secondary N) is 2. The molecule has 2 N–H and O–H groups in total. The lowest BCUT2D eigenvalue weighted by Crippen LogP contribution is -2.45. The first-order chi connectivity index (χ1) is 11.4. The number of halogens is 1. The summed E-state index contributed by atoms with van der Waals surface area (Å²) in [5.41, 5.74) is 4.17. The molecule has 130 valence electrons. The summed E-state index contributed by atoms with van der Waals surface area (Å²) in [5.74, 6) is -1.69. The lowest BCUT2D eigenvalue weighted by atomic mass is 10.2. The quantitative estimate of drug-likeness (QED) is 0.526. The number of ether oxygens (including phenoxy) is 2. The number of amides is 2. The van der Waals surface area contributed by atoms with Crippen LogP contribution in [0, 0.1) is 0 Å². The number of esters is 1. The van der Waals surface area contributed by atoms with Crippen LogP contribution >= 0.6 is 11.6 Å². The second-order valence-corrected chi connectivity index (χ2v) is 5.14. The van der Waals surface area contributed by atoms with E-state index in [2.05, 4.69) is 15.6 Å². The van der Waals surface area contributed by atoms with Crippen molar-refractivity contribution in [1.29, 1.82) is 0 Å². The number of hydrogen-bond acceptors (Lipinski definition) is 6. The van der Waals surface area contributed by atoms with Crippen molar-refractivity contribution < 1.29 is 28.7 Å². The predicted octanol–water partition coefficient (Wildman–Crippen LogP) is 0.779. The fourth-order valence-corrected chi connectivity index (χ4v) is 1.51. The summed E-state index contributed by atoms with van der Waals surface area (Å²) in [7, 11) is 0. The summed E-state index contributed by atoms with van der Waals surface area (Å²) in [6.45, 7) is 0.469. The Hall–Kier alpha value is -2.61. The van der Waals surface area contributed by atoms with Crippen LogP contribution in [0.25, 0.3) is 0 Å². The maximum atomic E-state index is 11.5. The zero-order valence-corrected chi connectivity index (χ0v) is 13.7. The Bertz CT molecular complexity index is 602. The molecule has 0 aliphatic rings. The first-order valence-corrected chi connectivity index (χ1v) is 7.35. The van der Waals surface area contributed by atoms with Gasteiger partial charge in [-0.2, -0.15) is 0 Å². The number of rotatable bonds is 8. The molecule has 1 aromatic carbocycles. The van der Waals surface area contributed by atoms with E-state index >= 15 is 0 Å². The third-order valence-corrected chi connectivity index (χ3v) is 2.82. The van der Waals surface area contributed by atoms with Crippen molar-refractivity contribution in [2.45, 2.75) is 19.8 Å². The van der Waals surface area contributed by atoms with Gasteiger partial charge < -0.3 is 14.3 Å². The van der Waals surface area contributed by atoms with Crippen molar-refractivity contribution in [1.82, 2.24) is 10.9 Å². The second-order valence-electron chi connectivity index (χ2n) is 4.70. The van der Waals surface area contributed by atoms with Gasteiger partial charge in [0.2, 0.25) is 0 Å². The fourth-order valence-electron chi connectivity index (χ4n) is 1.39. The Balaban J connectivity index is 2.17. The van der Waals surface area contributed by atoms with E-state index in [9.17, 15) is 19.2 Å². The molecule has 0 atom stereocenters. The Labute approximate surface area is 143 Å². The van der Waals surface area contributed by atoms with Crippen LogP contribution in [-0.4, -0.2) is 36.8 Å². The topological polar surface area (TPSA) is 111 Å². The number of ketones is 1. The van der Waals surface area contributed by atoms with Crippen LogP contribution in [0.2, 0.25) is 5.02 Å². The van der Waals surface area contributed by atoms with E-state index in [1.54, 1.807) is 24.3 Å². The molecule has 2 amide bonds. The molecule has 0 heterocycles. The summed E-state index contributed by atoms with van der Waals surface area (Å²) in [4.78, 5) is 44.8. The first-order valence-electron chi connectivity index (χ1n) is 6.98. The molecule has 0 fully saturated rings. The van der Waals surface area contributed by atoms with Crippen molar-refractivity contribution in [2.75, 3.05) is 13.2 Å². The number of carbonyl (C=O) groups excluding carboxylic acids is 4. The van der Waals surface area contributed by atoms with Crippen molar-refractivity contribution in [2.24, 2.45) is 0 Å². The number of carbonyl (C=O) groups is 4. The largest absolute Gasteiger partial charge is 0.484 e. The van der Waals surface area contributed by atoms with E-state index in [-0.39, 0.29) is 25.2 Å². The highest BCUT2D eigenvalue weighted by molar-refractivity contribution is 6.30. The minimum Gasteiger partial charge on any atom is -0.484 e. The van der Waals surface area contributed by atoms with Crippen molar-refractivity contribution >= 4 is 35.2 Å². The van der Waals surface area contributed by atoms with Crippen molar-refractivity contribution in [3.05, 3.63) is 29.3 Å². The lowest BCUT2D eigenvalue weighted by molar-refractivity contribution is -0.149. The summed E-state index contributed by atoms with van der Waals surface area (Å²) in [6, 6.07) is 6.40. The second kappa shape index (κ2) is 10.2. The molecule has 1 rings (SSSR count). The molecule has 1 aromatic rings. The average molecular weight is 357 g/mol. The Morgan fingerprint density at radius 2 is 1.54 bits per heavy atom. The number of hydrogen-bond donors (Lipinski definition) is 2. The van der Waals surface area contributed by atoms with E-state index in [0.29, 0.717) is 10.8 Å². The highest BCUT2D eigenvalue weighted by atomic mass is 35.5. The Morgan fingerprint density at radius 3 is 2.12 bits per heavy atom. The molecule has 0 saturated heterocycles. The van der Waals surface area contributed by atoms with Gasteiger partial charge in [0.25, 0.3) is 11.8 Å². The molecule has 0 aliphatic carbocycles. The minimum atomic E-state index is -0.717. The zero-order valence-electron chi connectivity index (χ0n) is 13.0. The summed E-state index contributed by atoms with van der Waals surface area (Å²) >= 11 is 5.71. The third kappa shape index (κ3) is 8.74. The van der Waals surface area contributed by atoms with Crippen LogP contribution in [0.3, 0.4) is 0 Å². The number of hydrazine groups is 1. The van der Waals surface area contributed by atoms with Gasteiger partial charge >= 0.3 is 5.97 Å². The van der Waals surface area contributed by atoms with Crippen LogP contribution in [0.15, 0.2) is 24.3 Å². The molecule has 0 saturated carbocycles. The van der Waals surface area contributed by atoms with Gasteiger partial charge in [0.15, 0.2) is 13.2 Å². The highest BCUT2D eigenvalue weighted by Gasteiger charge is 2.10. The van der Waals surface area contributed by atoms with Gasteiger partial charge in [-0.1, -0.05) is 11.6 Å². The van der Waals surface area contributed by atoms with Crippen LogP contribution in [0.5, 0.6) is 5.75 Å². The van der Waals surface area contributed by atoms with Gasteiger partial charge in [0, 0.05) is 11.4 Å². The van der Waals surface area contributed by atoms with E-state index in [1.165, 1.54) is 6.92 Å². The molecule has 9 heteroatoms. The standard InChI is InChI=1S/C15H17ClN2O6/c1-10(19)2-7-15(22)24-9-14(21)18-17-13(20)8-23-12-5-3-11(16)4-6-12/h3-6H,2,7-9H2,1H3,(H,17,20)(H,18,21). The van der Waals surface area contributed by atoms with Gasteiger partial charge in [0.1, 0.15) is 11.5 Å². The summed E-state index contributed by atoms with van der Waals surface area (Å²) < 4.78 is 9.80. The molecular weight excluding hydrogens is 340 g/mol. The van der Waals surface area contributed by atoms with Crippen LogP contribution in [0.1, 0.15) is 19.8 Å². The highest BCUT2D eigenvalue weighted by Crippen LogP contribution is 2.15. The molecule has 8 nitrogen and oxygen atoms in total. The SMILES string of the molecule is CC(=O)CCC(=O)OCC(=O)NNC(=O)COc1ccc(Cl)cc1. The molecule has 0 aromatic heterocycles. The molecule has 24 heavy (non-hydrogen) atoms. The summed E-state index contributed by atoms with van der Waals surface area (Å²) in [6.07, 6.45) is -0.0386. The maximum Gasteiger partial charge on any atom is 0.306 e. The normalized spacial score (nSPS) is 9.75. The van der Waals surface area contributed by atoms with E-state index in [0.717, 1.165) is 0 Å². The van der Waals surface area contributed by atoms with Crippen LogP contribution in [0.4, 0.5) is 0 Å². The Morgan fingerprint density at radius 1 is 0.958 bits per heavy atom. The van der Waals surface area contributed by atoms with Crippen LogP contribution < -0.4 is 15.6 Å². The molecular formula is C15H17ClN2O6. The van der Waals surface area contributed by atoms with E-state index in [4.69, 9.17) is 16.3 Å². The van der Waals surface area contributed by atoms with Gasteiger partial charge in [-0.25, -0.2) is 0 Å². The third-order valence-electron chi connectivity index (χ3n) is 2.57. The van der Waals surface area contributed by atoms with Gasteiger partial charge in [-0.3, -0.25) is 25.2 Å². The molecule has 0 unspecified atom stereocenters. The molecule has 0 aliphatic heterocycles. The van der Waals surface area contributed by atoms with Gasteiger partial charge in [0.05, 0.1) is 6.42 Å². The minimum absolute atomic E-state index is 0.0548. The first kappa shape index (κ1) is 19.4. The number of benzene rings is 1. The van der Waals surface area contributed by atoms with E-state index in [1.807, 2.05) is 0 Å². The van der Waals surface area contributed by atoms with Crippen molar-refractivity contribution in [3.8, 4) is 5.75 Å². The summed E-state index contributed by atoms with van der Waals surface area (Å²) in [5, 5.41) is 0.539. The number of Topliss-reactive ketones (excluding diaryl/α,β-unsaturated/α-hetero) is 1. The van der Waals surface area contributed by atoms with E-state index < -0.39 is 24.4 Å². The Kier molecular flexibility index (Phi) is 8.28. The monoisotopic (exact) mass is 356 g/mol. The molecule has 0 spiro atoms. The van der Waals surface area contributed by atoms with Gasteiger partial charge in [-0.05, 0) is 31.2 Å². The van der Waals surface area contributed by atoms with Crippen molar-refractivity contribution in [3.63, 3.8) is 0 Å². The van der Waals surface area contributed by atoms with Gasteiger partial charge in [-0.15, -0.1) is 0 Å². The average Bonchev–Trinajstić information content (AvgIpc) is 2.55. The smallest absolute Gasteiger partial charge is 0.306 e. The maximum absolute atomic E-state index is 11.5. The fraction of sp³-hybridized carbons (Fsp3) is 0.333. The zero-order chi connectivity index (χ0) is 17.9. The molecule has 0 radical (unpaired) electrons.